The van der Waals surface area contributed by atoms with Gasteiger partial charge in [0.1, 0.15) is 0 Å². The molecule has 3 heteroatoms. The molecule has 8 rings (SSSR count). The van der Waals surface area contributed by atoms with Crippen molar-refractivity contribution in [2.75, 3.05) is 9.80 Å². The summed E-state index contributed by atoms with van der Waals surface area (Å²) in [6.45, 7) is 0. The summed E-state index contributed by atoms with van der Waals surface area (Å²) >= 11 is 0. The highest BCUT2D eigenvalue weighted by Crippen LogP contribution is 2.41. The summed E-state index contributed by atoms with van der Waals surface area (Å²) < 4.78 is 0. The molecule has 0 saturated carbocycles. The van der Waals surface area contributed by atoms with Crippen LogP contribution in [0.1, 0.15) is 0 Å². The predicted molar refractivity (Wildman–Crippen MR) is 202 cm³/mol. The van der Waals surface area contributed by atoms with Crippen LogP contribution in [0.5, 0.6) is 0 Å². The van der Waals surface area contributed by atoms with Gasteiger partial charge in [0.2, 0.25) is 0 Å². The van der Waals surface area contributed by atoms with Gasteiger partial charge in [0.15, 0.2) is 0 Å². The highest BCUT2D eigenvalue weighted by molar-refractivity contribution is 5.92. The van der Waals surface area contributed by atoms with Gasteiger partial charge in [-0.25, -0.2) is 4.98 Å². The summed E-state index contributed by atoms with van der Waals surface area (Å²) in [5.74, 6) is 0. The molecule has 3 nitrogen and oxygen atoms in total. The number of hydrogen-bond acceptors (Lipinski definition) is 3. The van der Waals surface area contributed by atoms with Crippen LogP contribution in [0.15, 0.2) is 200 Å². The number of pyridine rings is 1. The Morgan fingerprint density at radius 2 is 0.729 bits per heavy atom. The van der Waals surface area contributed by atoms with E-state index in [1.807, 2.05) is 0 Å². The largest absolute Gasteiger partial charge is 0.311 e. The Balaban J connectivity index is 1.24. The Kier molecular flexibility index (Phi) is 7.92. The molecule has 8 aromatic rings. The molecule has 0 bridgehead atoms. The third-order valence-electron chi connectivity index (χ3n) is 8.60. The molecule has 0 aliphatic heterocycles. The SMILES string of the molecule is c1ccc(-c2cc3ccccc3nc2-c2cccc(N(c3ccccc3)c3ccc(N(c4ccccc4)c4ccccc4)cc3)c2)cc1. The second kappa shape index (κ2) is 13.1. The monoisotopic (exact) mass is 615 g/mol. The first-order chi connectivity index (χ1) is 23.8. The van der Waals surface area contributed by atoms with E-state index < -0.39 is 0 Å². The standard InChI is InChI=1S/C45H33N3/c1-5-16-34(17-6-1)43-33-35-18-13-14-27-44(35)46-45(43)36-19-15-26-42(32-36)48(39-24-11-4-12-25-39)41-30-28-40(29-31-41)47(37-20-7-2-8-21-37)38-22-9-3-10-23-38/h1-33H. The summed E-state index contributed by atoms with van der Waals surface area (Å²) in [7, 11) is 0. The number of hydrogen-bond donors (Lipinski definition) is 0. The van der Waals surface area contributed by atoms with E-state index in [2.05, 4.69) is 210 Å². The highest BCUT2D eigenvalue weighted by Gasteiger charge is 2.18. The molecule has 0 N–H and O–H groups in total. The van der Waals surface area contributed by atoms with E-state index in [0.29, 0.717) is 0 Å². The molecule has 0 radical (unpaired) electrons. The van der Waals surface area contributed by atoms with Gasteiger partial charge in [0, 0.05) is 50.6 Å². The van der Waals surface area contributed by atoms with E-state index >= 15 is 0 Å². The van der Waals surface area contributed by atoms with Crippen molar-refractivity contribution in [2.24, 2.45) is 0 Å². The van der Waals surface area contributed by atoms with E-state index in [0.717, 1.165) is 67.4 Å². The third-order valence-corrected chi connectivity index (χ3v) is 8.60. The van der Waals surface area contributed by atoms with Gasteiger partial charge in [-0.2, -0.15) is 0 Å². The first-order valence-electron chi connectivity index (χ1n) is 16.2. The molecule has 0 fully saturated rings. The van der Waals surface area contributed by atoms with Crippen LogP contribution < -0.4 is 9.80 Å². The molecular formula is C45H33N3. The minimum absolute atomic E-state index is 0.964. The van der Waals surface area contributed by atoms with Crippen LogP contribution in [0.2, 0.25) is 0 Å². The normalized spacial score (nSPS) is 10.9. The zero-order chi connectivity index (χ0) is 32.1. The Hall–Kier alpha value is -6.45. The number of nitrogens with zero attached hydrogens (tertiary/aromatic N) is 3. The van der Waals surface area contributed by atoms with Crippen LogP contribution in [0, 0.1) is 0 Å². The van der Waals surface area contributed by atoms with E-state index in [9.17, 15) is 0 Å². The second-order valence-corrected chi connectivity index (χ2v) is 11.7. The Bertz CT molecular complexity index is 2230. The molecular weight excluding hydrogens is 583 g/mol. The minimum atomic E-state index is 0.964. The van der Waals surface area contributed by atoms with Crippen molar-refractivity contribution in [1.82, 2.24) is 4.98 Å². The Morgan fingerprint density at radius 3 is 1.29 bits per heavy atom. The topological polar surface area (TPSA) is 19.4 Å². The van der Waals surface area contributed by atoms with Gasteiger partial charge < -0.3 is 9.80 Å². The number of aromatic nitrogens is 1. The molecule has 0 amide bonds. The maximum Gasteiger partial charge on any atom is 0.0788 e. The summed E-state index contributed by atoms with van der Waals surface area (Å²) in [6, 6.07) is 70.3. The fourth-order valence-electron chi connectivity index (χ4n) is 6.34. The summed E-state index contributed by atoms with van der Waals surface area (Å²) in [5, 5.41) is 1.13. The molecule has 0 unspecified atom stereocenters. The molecule has 0 aliphatic rings. The number of benzene rings is 7. The van der Waals surface area contributed by atoms with Crippen LogP contribution in [0.25, 0.3) is 33.3 Å². The van der Waals surface area contributed by atoms with Gasteiger partial charge in [-0.15, -0.1) is 0 Å². The van der Waals surface area contributed by atoms with Crippen LogP contribution in [-0.4, -0.2) is 4.98 Å². The second-order valence-electron chi connectivity index (χ2n) is 11.7. The lowest BCUT2D eigenvalue weighted by molar-refractivity contribution is 1.25. The smallest absolute Gasteiger partial charge is 0.0788 e. The molecule has 1 aromatic heterocycles. The predicted octanol–water partition coefficient (Wildman–Crippen LogP) is 12.5. The lowest BCUT2D eigenvalue weighted by atomic mass is 9.97. The molecule has 48 heavy (non-hydrogen) atoms. The van der Waals surface area contributed by atoms with Gasteiger partial charge in [-0.05, 0) is 90.5 Å². The lowest BCUT2D eigenvalue weighted by Crippen LogP contribution is -2.12. The van der Waals surface area contributed by atoms with Crippen molar-refractivity contribution < 1.29 is 0 Å². The number of anilines is 6. The lowest BCUT2D eigenvalue weighted by Gasteiger charge is -2.28. The van der Waals surface area contributed by atoms with Crippen LogP contribution >= 0.6 is 0 Å². The van der Waals surface area contributed by atoms with Gasteiger partial charge in [0.25, 0.3) is 0 Å². The highest BCUT2D eigenvalue weighted by atomic mass is 15.2. The molecule has 0 aliphatic carbocycles. The van der Waals surface area contributed by atoms with Crippen molar-refractivity contribution in [3.05, 3.63) is 200 Å². The van der Waals surface area contributed by atoms with Crippen LogP contribution in [0.4, 0.5) is 34.1 Å². The molecule has 0 spiro atoms. The summed E-state index contributed by atoms with van der Waals surface area (Å²) in [4.78, 5) is 9.83. The van der Waals surface area contributed by atoms with Gasteiger partial charge in [0.05, 0.1) is 11.2 Å². The fraction of sp³-hybridized carbons (Fsp3) is 0. The fourth-order valence-corrected chi connectivity index (χ4v) is 6.34. The first-order valence-corrected chi connectivity index (χ1v) is 16.2. The minimum Gasteiger partial charge on any atom is -0.311 e. The summed E-state index contributed by atoms with van der Waals surface area (Å²) in [5.41, 5.74) is 11.8. The van der Waals surface area contributed by atoms with E-state index in [1.54, 1.807) is 0 Å². The number of rotatable bonds is 8. The average molecular weight is 616 g/mol. The van der Waals surface area contributed by atoms with E-state index in [4.69, 9.17) is 4.98 Å². The molecule has 0 saturated heterocycles. The quantitative estimate of drug-likeness (QED) is 0.170. The molecule has 7 aromatic carbocycles. The first kappa shape index (κ1) is 29.0. The zero-order valence-corrected chi connectivity index (χ0v) is 26.4. The van der Waals surface area contributed by atoms with Crippen molar-refractivity contribution in [3.8, 4) is 22.4 Å². The third kappa shape index (κ3) is 5.81. The molecule has 228 valence electrons. The van der Waals surface area contributed by atoms with Gasteiger partial charge in [-0.3, -0.25) is 0 Å². The van der Waals surface area contributed by atoms with Gasteiger partial charge >= 0.3 is 0 Å². The maximum absolute atomic E-state index is 5.23. The van der Waals surface area contributed by atoms with E-state index in [1.165, 1.54) is 0 Å². The van der Waals surface area contributed by atoms with Crippen molar-refractivity contribution in [2.45, 2.75) is 0 Å². The maximum atomic E-state index is 5.23. The van der Waals surface area contributed by atoms with Crippen LogP contribution in [0.3, 0.4) is 0 Å². The average Bonchev–Trinajstić information content (AvgIpc) is 3.17. The molecule has 0 atom stereocenters. The van der Waals surface area contributed by atoms with Crippen molar-refractivity contribution >= 4 is 45.0 Å². The summed E-state index contributed by atoms with van der Waals surface area (Å²) in [6.07, 6.45) is 0. The van der Waals surface area contributed by atoms with E-state index in [-0.39, 0.29) is 0 Å². The number of para-hydroxylation sites is 4. The molecule has 1 heterocycles. The number of fused-ring (bicyclic) bond motifs is 1. The Labute approximate surface area is 281 Å². The van der Waals surface area contributed by atoms with Crippen LogP contribution in [-0.2, 0) is 0 Å². The van der Waals surface area contributed by atoms with Gasteiger partial charge in [-0.1, -0.05) is 115 Å². The zero-order valence-electron chi connectivity index (χ0n) is 26.4. The van der Waals surface area contributed by atoms with Crippen molar-refractivity contribution in [1.29, 1.82) is 0 Å². The van der Waals surface area contributed by atoms with Crippen molar-refractivity contribution in [3.63, 3.8) is 0 Å². The Morgan fingerprint density at radius 1 is 0.312 bits per heavy atom.